The minimum absolute atomic E-state index is 0.0402. The Morgan fingerprint density at radius 3 is 2.61 bits per heavy atom. The summed E-state index contributed by atoms with van der Waals surface area (Å²) < 4.78 is 0. The number of fused-ring (bicyclic) bond motifs is 2. The highest BCUT2D eigenvalue weighted by atomic mass is 16.2. The molecule has 0 aromatic heterocycles. The summed E-state index contributed by atoms with van der Waals surface area (Å²) in [5, 5.41) is 9.22. The molecule has 1 unspecified atom stereocenters. The van der Waals surface area contributed by atoms with Crippen molar-refractivity contribution in [1.29, 1.82) is 5.26 Å². The molecule has 3 aliphatic rings. The SMILES string of the molecule is C[C@@H](c1ccc(C(N)=O)cc1)N1C(=O)[C@@H]2CC1CN2C[C@H](N)C(=O)N1CCC[C@H]1C#N. The van der Waals surface area contributed by atoms with Gasteiger partial charge in [0, 0.05) is 31.2 Å². The number of carbonyl (C=O) groups is 3. The second-order valence-corrected chi connectivity index (χ2v) is 8.69. The zero-order chi connectivity index (χ0) is 22.3. The smallest absolute Gasteiger partial charge is 0.248 e. The number of hydrogen-bond acceptors (Lipinski definition) is 6. The van der Waals surface area contributed by atoms with Gasteiger partial charge in [-0.2, -0.15) is 5.26 Å². The van der Waals surface area contributed by atoms with Gasteiger partial charge in [-0.1, -0.05) is 12.1 Å². The van der Waals surface area contributed by atoms with E-state index >= 15 is 0 Å². The molecule has 2 bridgehead atoms. The quantitative estimate of drug-likeness (QED) is 0.658. The molecule has 1 aromatic carbocycles. The number of rotatable bonds is 6. The van der Waals surface area contributed by atoms with Crippen LogP contribution in [-0.2, 0) is 9.59 Å². The van der Waals surface area contributed by atoms with E-state index in [-0.39, 0.29) is 29.9 Å². The van der Waals surface area contributed by atoms with Crippen molar-refractivity contribution in [3.05, 3.63) is 35.4 Å². The van der Waals surface area contributed by atoms with Gasteiger partial charge in [-0.15, -0.1) is 0 Å². The molecule has 9 nitrogen and oxygen atoms in total. The first-order valence-corrected chi connectivity index (χ1v) is 10.7. The lowest BCUT2D eigenvalue weighted by atomic mass is 10.0. The van der Waals surface area contributed by atoms with Crippen molar-refractivity contribution in [2.24, 2.45) is 11.5 Å². The first-order valence-electron chi connectivity index (χ1n) is 10.7. The highest BCUT2D eigenvalue weighted by molar-refractivity contribution is 5.92. The average Bonchev–Trinajstić information content (AvgIpc) is 3.47. The standard InChI is InChI=1S/C22H28N6O3/c1-13(14-4-6-15(7-5-14)20(25)29)28-17-9-19(22(28)31)26(11-17)12-18(24)21(30)27-8-2-3-16(27)10-23/h4-7,13,16-19H,2-3,8-9,11-12,24H2,1H3,(H2,25,29)/t13-,16-,17?,18-,19-/m0/s1. The fourth-order valence-corrected chi connectivity index (χ4v) is 5.19. The molecule has 3 amide bonds. The number of nitrogens with two attached hydrogens (primary N) is 2. The lowest BCUT2D eigenvalue weighted by molar-refractivity contribution is -0.140. The summed E-state index contributed by atoms with van der Waals surface area (Å²) in [5.74, 6) is -0.649. The van der Waals surface area contributed by atoms with Gasteiger partial charge in [0.05, 0.1) is 24.2 Å². The molecule has 9 heteroatoms. The Morgan fingerprint density at radius 1 is 1.29 bits per heavy atom. The van der Waals surface area contributed by atoms with E-state index in [1.54, 1.807) is 17.0 Å². The van der Waals surface area contributed by atoms with Gasteiger partial charge in [-0.3, -0.25) is 19.3 Å². The molecular weight excluding hydrogens is 396 g/mol. The molecule has 0 saturated carbocycles. The summed E-state index contributed by atoms with van der Waals surface area (Å²) in [4.78, 5) is 42.6. The van der Waals surface area contributed by atoms with Gasteiger partial charge in [0.1, 0.15) is 6.04 Å². The monoisotopic (exact) mass is 424 g/mol. The van der Waals surface area contributed by atoms with E-state index in [1.165, 1.54) is 0 Å². The summed E-state index contributed by atoms with van der Waals surface area (Å²) in [6, 6.07) is 7.71. The van der Waals surface area contributed by atoms with Crippen LogP contribution in [0.15, 0.2) is 24.3 Å². The van der Waals surface area contributed by atoms with E-state index in [0.29, 0.717) is 38.0 Å². The van der Waals surface area contributed by atoms with Gasteiger partial charge in [0.25, 0.3) is 0 Å². The Kier molecular flexibility index (Phi) is 5.69. The Morgan fingerprint density at radius 2 is 2.00 bits per heavy atom. The van der Waals surface area contributed by atoms with Crippen LogP contribution in [0, 0.1) is 11.3 Å². The van der Waals surface area contributed by atoms with Crippen molar-refractivity contribution in [1.82, 2.24) is 14.7 Å². The number of hydrogen-bond donors (Lipinski definition) is 2. The Balaban J connectivity index is 1.39. The predicted octanol–water partition coefficient (Wildman–Crippen LogP) is -0.0265. The number of amides is 3. The summed E-state index contributed by atoms with van der Waals surface area (Å²) in [7, 11) is 0. The number of likely N-dealkylation sites (tertiary alicyclic amines) is 3. The molecular formula is C22H28N6O3. The van der Waals surface area contributed by atoms with Crippen LogP contribution in [0.2, 0.25) is 0 Å². The number of nitriles is 1. The zero-order valence-corrected chi connectivity index (χ0v) is 17.6. The highest BCUT2D eigenvalue weighted by Gasteiger charge is 2.51. The van der Waals surface area contributed by atoms with E-state index in [9.17, 15) is 19.6 Å². The third kappa shape index (κ3) is 3.77. The van der Waals surface area contributed by atoms with Crippen LogP contribution in [-0.4, -0.2) is 76.2 Å². The number of primary amides is 1. The van der Waals surface area contributed by atoms with Crippen molar-refractivity contribution < 1.29 is 14.4 Å². The second kappa shape index (κ2) is 8.29. The van der Waals surface area contributed by atoms with Crippen LogP contribution in [0.25, 0.3) is 0 Å². The van der Waals surface area contributed by atoms with Crippen molar-refractivity contribution in [2.75, 3.05) is 19.6 Å². The summed E-state index contributed by atoms with van der Waals surface area (Å²) >= 11 is 0. The molecule has 3 aliphatic heterocycles. The molecule has 4 rings (SSSR count). The third-order valence-electron chi connectivity index (χ3n) is 6.84. The van der Waals surface area contributed by atoms with Crippen LogP contribution in [0.5, 0.6) is 0 Å². The van der Waals surface area contributed by atoms with Crippen LogP contribution in [0.3, 0.4) is 0 Å². The van der Waals surface area contributed by atoms with Gasteiger partial charge in [0.15, 0.2) is 0 Å². The molecule has 0 radical (unpaired) electrons. The topological polar surface area (TPSA) is 137 Å². The lowest BCUT2D eigenvalue weighted by Crippen LogP contribution is -2.56. The molecule has 0 aliphatic carbocycles. The number of carbonyl (C=O) groups excluding carboxylic acids is 3. The number of benzene rings is 1. The van der Waals surface area contributed by atoms with Gasteiger partial charge < -0.3 is 21.3 Å². The molecule has 3 saturated heterocycles. The maximum atomic E-state index is 13.1. The van der Waals surface area contributed by atoms with Gasteiger partial charge in [-0.25, -0.2) is 0 Å². The fraction of sp³-hybridized carbons (Fsp3) is 0.545. The second-order valence-electron chi connectivity index (χ2n) is 8.69. The minimum Gasteiger partial charge on any atom is -0.366 e. The summed E-state index contributed by atoms with van der Waals surface area (Å²) in [5.41, 5.74) is 12.9. The van der Waals surface area contributed by atoms with E-state index in [0.717, 1.165) is 12.0 Å². The van der Waals surface area contributed by atoms with Gasteiger partial charge in [-0.05, 0) is 43.9 Å². The Bertz CT molecular complexity index is 926. The largest absolute Gasteiger partial charge is 0.366 e. The highest BCUT2D eigenvalue weighted by Crippen LogP contribution is 2.38. The van der Waals surface area contributed by atoms with Crippen LogP contribution < -0.4 is 11.5 Å². The third-order valence-corrected chi connectivity index (χ3v) is 6.84. The molecule has 3 fully saturated rings. The Labute approximate surface area is 181 Å². The molecule has 4 N–H and O–H groups in total. The average molecular weight is 425 g/mol. The predicted molar refractivity (Wildman–Crippen MR) is 112 cm³/mol. The molecule has 31 heavy (non-hydrogen) atoms. The number of piperazine rings is 1. The van der Waals surface area contributed by atoms with Crippen molar-refractivity contribution in [3.63, 3.8) is 0 Å². The molecule has 1 aromatic rings. The van der Waals surface area contributed by atoms with Gasteiger partial charge >= 0.3 is 0 Å². The van der Waals surface area contributed by atoms with E-state index in [1.807, 2.05) is 28.9 Å². The van der Waals surface area contributed by atoms with E-state index in [4.69, 9.17) is 11.5 Å². The maximum absolute atomic E-state index is 13.1. The normalized spacial score (nSPS) is 27.4. The summed E-state index contributed by atoms with van der Waals surface area (Å²) in [6.45, 7) is 3.53. The maximum Gasteiger partial charge on any atom is 0.248 e. The van der Waals surface area contributed by atoms with Crippen LogP contribution >= 0.6 is 0 Å². The van der Waals surface area contributed by atoms with E-state index in [2.05, 4.69) is 6.07 Å². The lowest BCUT2D eigenvalue weighted by Gasteiger charge is -2.38. The minimum atomic E-state index is -0.742. The van der Waals surface area contributed by atoms with Crippen molar-refractivity contribution >= 4 is 17.7 Å². The van der Waals surface area contributed by atoms with E-state index < -0.39 is 18.0 Å². The Hall–Kier alpha value is -2.96. The van der Waals surface area contributed by atoms with Crippen molar-refractivity contribution in [3.8, 4) is 6.07 Å². The molecule has 0 spiro atoms. The zero-order valence-electron chi connectivity index (χ0n) is 17.6. The first-order chi connectivity index (χ1) is 14.8. The fourth-order valence-electron chi connectivity index (χ4n) is 5.19. The molecule has 164 valence electrons. The van der Waals surface area contributed by atoms with Crippen molar-refractivity contribution in [2.45, 2.75) is 56.4 Å². The van der Waals surface area contributed by atoms with Crippen LogP contribution in [0.1, 0.15) is 48.1 Å². The molecule has 3 heterocycles. The number of nitrogens with zero attached hydrogens (tertiary/aromatic N) is 4. The van der Waals surface area contributed by atoms with Gasteiger partial charge in [0.2, 0.25) is 17.7 Å². The first kappa shape index (κ1) is 21.3. The van der Waals surface area contributed by atoms with Crippen LogP contribution in [0.4, 0.5) is 0 Å². The molecule has 5 atom stereocenters. The summed E-state index contributed by atoms with van der Waals surface area (Å²) in [6.07, 6.45) is 2.22.